The average molecular weight is 388 g/mol. The Morgan fingerprint density at radius 2 is 2.19 bits per heavy atom. The van der Waals surface area contributed by atoms with E-state index in [1.54, 1.807) is 0 Å². The fourth-order valence-corrected chi connectivity index (χ4v) is 3.37. The van der Waals surface area contributed by atoms with Crippen LogP contribution in [0.1, 0.15) is 37.9 Å². The Labute approximate surface area is 164 Å². The molecule has 0 spiro atoms. The molecule has 8 heteroatoms. The Morgan fingerprint density at radius 1 is 1.30 bits per heavy atom. The van der Waals surface area contributed by atoms with Gasteiger partial charge in [-0.2, -0.15) is 0 Å². The van der Waals surface area contributed by atoms with Crippen molar-refractivity contribution in [2.75, 3.05) is 19.0 Å². The van der Waals surface area contributed by atoms with E-state index in [0.29, 0.717) is 24.5 Å². The number of nitrogens with zero attached hydrogens (tertiary/aromatic N) is 3. The summed E-state index contributed by atoms with van der Waals surface area (Å²) >= 11 is 5.33. The van der Waals surface area contributed by atoms with E-state index in [9.17, 15) is 4.79 Å². The number of aryl methyl sites for hydroxylation is 1. The van der Waals surface area contributed by atoms with Crippen molar-refractivity contribution < 1.29 is 9.53 Å². The lowest BCUT2D eigenvalue weighted by Crippen LogP contribution is -2.29. The minimum atomic E-state index is -0.212. The third-order valence-corrected chi connectivity index (χ3v) is 4.81. The molecule has 7 nitrogen and oxygen atoms in total. The zero-order valence-corrected chi connectivity index (χ0v) is 16.3. The maximum absolute atomic E-state index is 11.1. The van der Waals surface area contributed by atoms with Gasteiger partial charge in [-0.3, -0.25) is 4.79 Å². The van der Waals surface area contributed by atoms with Gasteiger partial charge in [0, 0.05) is 37.2 Å². The van der Waals surface area contributed by atoms with Gasteiger partial charge in [0.2, 0.25) is 0 Å². The summed E-state index contributed by atoms with van der Waals surface area (Å²) < 4.78 is 6.85. The van der Waals surface area contributed by atoms with E-state index in [-0.39, 0.29) is 5.97 Å². The molecule has 3 rings (SSSR count). The summed E-state index contributed by atoms with van der Waals surface area (Å²) in [5.41, 5.74) is 1.91. The number of carbonyl (C=O) groups excluding carboxylic acids is 1. The highest BCUT2D eigenvalue weighted by atomic mass is 32.1. The SMILES string of the molecule is COC(=O)CCCNC(=S)Nc1cccc(-c2nnc3n2CCCCC3)c1. The number of methoxy groups -OCH3 is 1. The number of rotatable bonds is 6. The predicted octanol–water partition coefficient (Wildman–Crippen LogP) is 2.91. The number of hydrogen-bond donors (Lipinski definition) is 2. The zero-order valence-electron chi connectivity index (χ0n) is 15.5. The molecule has 2 aromatic rings. The van der Waals surface area contributed by atoms with Crippen LogP contribution >= 0.6 is 12.2 Å². The number of thiocarbonyl (C=S) groups is 1. The van der Waals surface area contributed by atoms with E-state index in [4.69, 9.17) is 12.2 Å². The van der Waals surface area contributed by atoms with Crippen LogP contribution in [-0.2, 0) is 22.5 Å². The summed E-state index contributed by atoms with van der Waals surface area (Å²) in [6.07, 6.45) is 5.61. The van der Waals surface area contributed by atoms with Gasteiger partial charge < -0.3 is 19.9 Å². The van der Waals surface area contributed by atoms with E-state index in [1.165, 1.54) is 20.0 Å². The Balaban J connectivity index is 1.60. The molecule has 0 radical (unpaired) electrons. The minimum absolute atomic E-state index is 0.212. The summed E-state index contributed by atoms with van der Waals surface area (Å²) in [4.78, 5) is 11.1. The molecule has 0 amide bonds. The third-order valence-electron chi connectivity index (χ3n) is 4.56. The fourth-order valence-electron chi connectivity index (χ4n) is 3.15. The maximum Gasteiger partial charge on any atom is 0.305 e. The van der Waals surface area contributed by atoms with E-state index >= 15 is 0 Å². The molecule has 0 atom stereocenters. The van der Waals surface area contributed by atoms with Crippen LogP contribution in [0.15, 0.2) is 24.3 Å². The van der Waals surface area contributed by atoms with Crippen LogP contribution in [-0.4, -0.2) is 39.5 Å². The van der Waals surface area contributed by atoms with E-state index < -0.39 is 0 Å². The normalized spacial score (nSPS) is 13.4. The molecule has 0 aliphatic carbocycles. The van der Waals surface area contributed by atoms with Crippen molar-refractivity contribution in [1.29, 1.82) is 0 Å². The molecular formula is C19H25N5O2S. The number of anilines is 1. The lowest BCUT2D eigenvalue weighted by molar-refractivity contribution is -0.140. The Hall–Kier alpha value is -2.48. The number of hydrogen-bond acceptors (Lipinski definition) is 5. The Kier molecular flexibility index (Phi) is 6.75. The molecule has 1 aromatic heterocycles. The van der Waals surface area contributed by atoms with Crippen molar-refractivity contribution in [3.8, 4) is 11.4 Å². The molecule has 0 saturated heterocycles. The highest BCUT2D eigenvalue weighted by Gasteiger charge is 2.16. The van der Waals surface area contributed by atoms with Crippen molar-refractivity contribution >= 4 is 29.0 Å². The first-order valence-electron chi connectivity index (χ1n) is 9.31. The molecule has 1 aliphatic rings. The molecule has 1 aromatic carbocycles. The van der Waals surface area contributed by atoms with Gasteiger partial charge in [-0.25, -0.2) is 0 Å². The Morgan fingerprint density at radius 3 is 3.04 bits per heavy atom. The maximum atomic E-state index is 11.1. The summed E-state index contributed by atoms with van der Waals surface area (Å²) in [5, 5.41) is 15.6. The molecule has 144 valence electrons. The van der Waals surface area contributed by atoms with Crippen LogP contribution in [0.3, 0.4) is 0 Å². The number of carbonyl (C=O) groups is 1. The molecule has 2 N–H and O–H groups in total. The van der Waals surface area contributed by atoms with Gasteiger partial charge in [-0.15, -0.1) is 10.2 Å². The van der Waals surface area contributed by atoms with Crippen LogP contribution in [0.4, 0.5) is 5.69 Å². The van der Waals surface area contributed by atoms with Crippen LogP contribution in [0.5, 0.6) is 0 Å². The van der Waals surface area contributed by atoms with Crippen molar-refractivity contribution in [2.45, 2.75) is 45.1 Å². The molecule has 0 fully saturated rings. The topological polar surface area (TPSA) is 81.1 Å². The molecule has 0 saturated carbocycles. The summed E-state index contributed by atoms with van der Waals surface area (Å²) in [5.74, 6) is 1.77. The lowest BCUT2D eigenvalue weighted by Gasteiger charge is -2.12. The molecule has 0 unspecified atom stereocenters. The van der Waals surface area contributed by atoms with Crippen molar-refractivity contribution in [2.24, 2.45) is 0 Å². The van der Waals surface area contributed by atoms with Gasteiger partial charge in [0.25, 0.3) is 0 Å². The first kappa shape index (κ1) is 19.3. The quantitative estimate of drug-likeness (QED) is 0.448. The van der Waals surface area contributed by atoms with Crippen molar-refractivity contribution in [3.63, 3.8) is 0 Å². The third kappa shape index (κ3) is 5.26. The monoisotopic (exact) mass is 387 g/mol. The summed E-state index contributed by atoms with van der Waals surface area (Å²) in [7, 11) is 1.39. The van der Waals surface area contributed by atoms with Gasteiger partial charge >= 0.3 is 5.97 Å². The number of aromatic nitrogens is 3. The summed E-state index contributed by atoms with van der Waals surface area (Å²) in [6, 6.07) is 8.02. The molecule has 0 bridgehead atoms. The highest BCUT2D eigenvalue weighted by molar-refractivity contribution is 7.80. The number of esters is 1. The minimum Gasteiger partial charge on any atom is -0.469 e. The lowest BCUT2D eigenvalue weighted by atomic mass is 10.2. The standard InChI is InChI=1S/C19H25N5O2S/c1-26-17(25)10-6-11-20-19(27)21-15-8-5-7-14(13-15)18-23-22-16-9-3-2-4-12-24(16)18/h5,7-8,13H,2-4,6,9-12H2,1H3,(H2,20,21,27). The second-order valence-electron chi connectivity index (χ2n) is 6.54. The predicted molar refractivity (Wildman–Crippen MR) is 108 cm³/mol. The second kappa shape index (κ2) is 9.45. The van der Waals surface area contributed by atoms with E-state index in [1.807, 2.05) is 24.3 Å². The Bertz CT molecular complexity index is 805. The number of fused-ring (bicyclic) bond motifs is 1. The second-order valence-corrected chi connectivity index (χ2v) is 6.95. The van der Waals surface area contributed by atoms with Crippen LogP contribution in [0.2, 0.25) is 0 Å². The van der Waals surface area contributed by atoms with Crippen molar-refractivity contribution in [3.05, 3.63) is 30.1 Å². The van der Waals surface area contributed by atoms with Crippen LogP contribution in [0.25, 0.3) is 11.4 Å². The van der Waals surface area contributed by atoms with Crippen LogP contribution in [0, 0.1) is 0 Å². The molecule has 1 aliphatic heterocycles. The first-order chi connectivity index (χ1) is 13.2. The molecule has 2 heterocycles. The first-order valence-corrected chi connectivity index (χ1v) is 9.72. The zero-order chi connectivity index (χ0) is 19.1. The molecular weight excluding hydrogens is 362 g/mol. The summed E-state index contributed by atoms with van der Waals surface area (Å²) in [6.45, 7) is 1.58. The number of ether oxygens (including phenoxy) is 1. The van der Waals surface area contributed by atoms with Crippen molar-refractivity contribution in [1.82, 2.24) is 20.1 Å². The van der Waals surface area contributed by atoms with E-state index in [2.05, 4.69) is 30.1 Å². The van der Waals surface area contributed by atoms with Gasteiger partial charge in [-0.05, 0) is 43.6 Å². The highest BCUT2D eigenvalue weighted by Crippen LogP contribution is 2.24. The smallest absolute Gasteiger partial charge is 0.305 e. The van der Waals surface area contributed by atoms with Gasteiger partial charge in [0.1, 0.15) is 5.82 Å². The largest absolute Gasteiger partial charge is 0.469 e. The molecule has 27 heavy (non-hydrogen) atoms. The van der Waals surface area contributed by atoms with Crippen LogP contribution < -0.4 is 10.6 Å². The van der Waals surface area contributed by atoms with E-state index in [0.717, 1.165) is 42.3 Å². The fraction of sp³-hybridized carbons (Fsp3) is 0.474. The number of nitrogens with one attached hydrogen (secondary N) is 2. The van der Waals surface area contributed by atoms with Gasteiger partial charge in [0.15, 0.2) is 10.9 Å². The van der Waals surface area contributed by atoms with Gasteiger partial charge in [0.05, 0.1) is 7.11 Å². The number of benzene rings is 1. The average Bonchev–Trinajstić information content (AvgIpc) is 2.93. The van der Waals surface area contributed by atoms with Gasteiger partial charge in [-0.1, -0.05) is 18.6 Å².